The van der Waals surface area contributed by atoms with Gasteiger partial charge in [-0.25, -0.2) is 4.79 Å². The van der Waals surface area contributed by atoms with Gasteiger partial charge in [0.2, 0.25) is 6.10 Å². The van der Waals surface area contributed by atoms with E-state index >= 15 is 0 Å². The molecule has 0 heterocycles. The molecular formula is C20H23NO5. The van der Waals surface area contributed by atoms with E-state index in [2.05, 4.69) is 0 Å². The molecule has 26 heavy (non-hydrogen) atoms. The number of phenolic OH excluding ortho intramolecular Hbond substituents is 1. The smallest absolute Gasteiger partial charge is 0.343 e. The SMILES string of the molecule is CCN(CC)C(=O)[C@H](OC(=O)c1ccc(OC)cc1O)c1ccccc1. The molecule has 0 saturated heterocycles. The molecule has 0 aliphatic rings. The summed E-state index contributed by atoms with van der Waals surface area (Å²) in [5, 5.41) is 10.0. The van der Waals surface area contributed by atoms with Crippen molar-refractivity contribution in [3.8, 4) is 11.5 Å². The first-order valence-electron chi connectivity index (χ1n) is 8.43. The number of amides is 1. The number of hydrogen-bond acceptors (Lipinski definition) is 5. The fourth-order valence-electron chi connectivity index (χ4n) is 2.57. The summed E-state index contributed by atoms with van der Waals surface area (Å²) in [4.78, 5) is 27.0. The van der Waals surface area contributed by atoms with Crippen molar-refractivity contribution < 1.29 is 24.2 Å². The van der Waals surface area contributed by atoms with Gasteiger partial charge in [0, 0.05) is 24.7 Å². The Morgan fingerprint density at radius 1 is 1.08 bits per heavy atom. The summed E-state index contributed by atoms with van der Waals surface area (Å²) in [5.74, 6) is -0.934. The monoisotopic (exact) mass is 357 g/mol. The normalized spacial score (nSPS) is 11.5. The van der Waals surface area contributed by atoms with Gasteiger partial charge in [-0.15, -0.1) is 0 Å². The van der Waals surface area contributed by atoms with Crippen LogP contribution in [0.15, 0.2) is 48.5 Å². The van der Waals surface area contributed by atoms with Gasteiger partial charge in [0.1, 0.15) is 17.1 Å². The van der Waals surface area contributed by atoms with Crippen molar-refractivity contribution in [2.75, 3.05) is 20.2 Å². The Balaban J connectivity index is 2.32. The van der Waals surface area contributed by atoms with E-state index in [-0.39, 0.29) is 17.2 Å². The molecule has 6 heteroatoms. The maximum Gasteiger partial charge on any atom is 0.343 e. The number of aromatic hydroxyl groups is 1. The first-order chi connectivity index (χ1) is 12.5. The zero-order valence-corrected chi connectivity index (χ0v) is 15.1. The van der Waals surface area contributed by atoms with Crippen LogP contribution in [0.3, 0.4) is 0 Å². The van der Waals surface area contributed by atoms with Crippen molar-refractivity contribution in [2.24, 2.45) is 0 Å². The number of phenols is 1. The van der Waals surface area contributed by atoms with Gasteiger partial charge in [-0.2, -0.15) is 0 Å². The number of esters is 1. The van der Waals surface area contributed by atoms with E-state index in [1.165, 1.54) is 19.2 Å². The highest BCUT2D eigenvalue weighted by molar-refractivity contribution is 5.95. The van der Waals surface area contributed by atoms with Crippen LogP contribution in [0.4, 0.5) is 0 Å². The lowest BCUT2D eigenvalue weighted by atomic mass is 10.1. The predicted molar refractivity (Wildman–Crippen MR) is 97.2 cm³/mol. The Bertz CT molecular complexity index is 756. The van der Waals surface area contributed by atoms with E-state index in [0.717, 1.165) is 0 Å². The molecule has 6 nitrogen and oxygen atoms in total. The van der Waals surface area contributed by atoms with Crippen LogP contribution in [0.25, 0.3) is 0 Å². The van der Waals surface area contributed by atoms with E-state index in [4.69, 9.17) is 9.47 Å². The predicted octanol–water partition coefficient (Wildman–Crippen LogP) is 3.17. The third kappa shape index (κ3) is 4.33. The highest BCUT2D eigenvalue weighted by atomic mass is 16.5. The Kier molecular flexibility index (Phi) is 6.60. The van der Waals surface area contributed by atoms with Crippen LogP contribution < -0.4 is 4.74 Å². The third-order valence-corrected chi connectivity index (χ3v) is 4.05. The molecule has 1 atom stereocenters. The number of methoxy groups -OCH3 is 1. The molecule has 0 unspecified atom stereocenters. The van der Waals surface area contributed by atoms with Gasteiger partial charge in [-0.1, -0.05) is 30.3 Å². The molecule has 2 aromatic rings. The number of benzene rings is 2. The fourth-order valence-corrected chi connectivity index (χ4v) is 2.57. The lowest BCUT2D eigenvalue weighted by Crippen LogP contribution is -2.36. The maximum absolute atomic E-state index is 12.8. The fraction of sp³-hybridized carbons (Fsp3) is 0.300. The van der Waals surface area contributed by atoms with Crippen molar-refractivity contribution in [3.05, 3.63) is 59.7 Å². The molecule has 0 radical (unpaired) electrons. The molecule has 0 saturated carbocycles. The number of carbonyl (C=O) groups is 2. The second-order valence-corrected chi connectivity index (χ2v) is 5.59. The molecule has 0 aromatic heterocycles. The number of rotatable bonds is 7. The van der Waals surface area contributed by atoms with Crippen LogP contribution in [-0.4, -0.2) is 42.1 Å². The van der Waals surface area contributed by atoms with Crippen molar-refractivity contribution in [3.63, 3.8) is 0 Å². The molecule has 0 spiro atoms. The molecule has 0 fully saturated rings. The lowest BCUT2D eigenvalue weighted by molar-refractivity contribution is -0.140. The Hall–Kier alpha value is -3.02. The number of carbonyl (C=O) groups excluding carboxylic acids is 2. The average Bonchev–Trinajstić information content (AvgIpc) is 2.67. The zero-order chi connectivity index (χ0) is 19.1. The minimum atomic E-state index is -1.08. The second-order valence-electron chi connectivity index (χ2n) is 5.59. The minimum absolute atomic E-state index is 0.0286. The number of nitrogens with zero attached hydrogens (tertiary/aromatic N) is 1. The molecule has 0 aliphatic carbocycles. The van der Waals surface area contributed by atoms with Crippen molar-refractivity contribution in [1.29, 1.82) is 0 Å². The number of ether oxygens (including phenoxy) is 2. The molecule has 2 aromatic carbocycles. The summed E-state index contributed by atoms with van der Waals surface area (Å²) in [7, 11) is 1.46. The van der Waals surface area contributed by atoms with E-state index in [1.807, 2.05) is 19.9 Å². The van der Waals surface area contributed by atoms with Crippen molar-refractivity contribution in [1.82, 2.24) is 4.90 Å². The molecular weight excluding hydrogens is 334 g/mol. The van der Waals surface area contributed by atoms with Crippen LogP contribution in [0.1, 0.15) is 35.9 Å². The summed E-state index contributed by atoms with van der Waals surface area (Å²) >= 11 is 0. The standard InChI is InChI=1S/C20H23NO5/c1-4-21(5-2)19(23)18(14-9-7-6-8-10-14)26-20(24)16-12-11-15(25-3)13-17(16)22/h6-13,18,22H,4-5H2,1-3H3/t18-/m1/s1. The quantitative estimate of drug-likeness (QED) is 0.770. The Labute approximate surface area is 153 Å². The van der Waals surface area contributed by atoms with Crippen molar-refractivity contribution >= 4 is 11.9 Å². The second kappa shape index (κ2) is 8.89. The molecule has 0 aliphatic heterocycles. The lowest BCUT2D eigenvalue weighted by Gasteiger charge is -2.25. The van der Waals surface area contributed by atoms with E-state index in [1.54, 1.807) is 35.2 Å². The van der Waals surface area contributed by atoms with Crippen molar-refractivity contribution in [2.45, 2.75) is 20.0 Å². The highest BCUT2D eigenvalue weighted by Gasteiger charge is 2.29. The summed E-state index contributed by atoms with van der Waals surface area (Å²) < 4.78 is 10.5. The summed E-state index contributed by atoms with van der Waals surface area (Å²) in [5.41, 5.74) is 0.546. The van der Waals surface area contributed by atoms with Gasteiger partial charge in [-0.3, -0.25) is 4.79 Å². The summed E-state index contributed by atoms with van der Waals surface area (Å²) in [6.07, 6.45) is -1.08. The van der Waals surface area contributed by atoms with Crippen LogP contribution in [-0.2, 0) is 9.53 Å². The zero-order valence-electron chi connectivity index (χ0n) is 15.1. The van der Waals surface area contributed by atoms with Gasteiger partial charge >= 0.3 is 5.97 Å². The molecule has 2 rings (SSSR count). The summed E-state index contributed by atoms with van der Waals surface area (Å²) in [6, 6.07) is 13.1. The highest BCUT2D eigenvalue weighted by Crippen LogP contribution is 2.27. The average molecular weight is 357 g/mol. The largest absolute Gasteiger partial charge is 0.507 e. The Morgan fingerprint density at radius 3 is 2.27 bits per heavy atom. The first-order valence-corrected chi connectivity index (χ1v) is 8.43. The number of likely N-dealkylation sites (N-methyl/N-ethyl adjacent to an activating group) is 1. The molecule has 0 bridgehead atoms. The molecule has 1 amide bonds. The van der Waals surface area contributed by atoms with E-state index in [0.29, 0.717) is 24.4 Å². The van der Waals surface area contributed by atoms with E-state index in [9.17, 15) is 14.7 Å². The maximum atomic E-state index is 12.8. The number of hydrogen-bond donors (Lipinski definition) is 1. The van der Waals surface area contributed by atoms with Crippen LogP contribution in [0.2, 0.25) is 0 Å². The van der Waals surface area contributed by atoms with Gasteiger partial charge in [0.25, 0.3) is 5.91 Å². The Morgan fingerprint density at radius 2 is 1.73 bits per heavy atom. The van der Waals surface area contributed by atoms with Gasteiger partial charge in [-0.05, 0) is 26.0 Å². The first kappa shape index (κ1) is 19.3. The van der Waals surface area contributed by atoms with Crippen LogP contribution >= 0.6 is 0 Å². The van der Waals surface area contributed by atoms with Gasteiger partial charge in [0.05, 0.1) is 7.11 Å². The molecule has 1 N–H and O–H groups in total. The van der Waals surface area contributed by atoms with Crippen LogP contribution in [0, 0.1) is 0 Å². The van der Waals surface area contributed by atoms with E-state index < -0.39 is 12.1 Å². The van der Waals surface area contributed by atoms with Gasteiger partial charge < -0.3 is 19.5 Å². The third-order valence-electron chi connectivity index (χ3n) is 4.05. The van der Waals surface area contributed by atoms with Gasteiger partial charge in [0.15, 0.2) is 0 Å². The summed E-state index contributed by atoms with van der Waals surface area (Å²) in [6.45, 7) is 4.73. The topological polar surface area (TPSA) is 76.1 Å². The molecule has 138 valence electrons. The van der Waals surface area contributed by atoms with Crippen LogP contribution in [0.5, 0.6) is 11.5 Å². The minimum Gasteiger partial charge on any atom is -0.507 e.